The Hall–Kier alpha value is -3.53. The van der Waals surface area contributed by atoms with Gasteiger partial charge in [-0.15, -0.1) is 0 Å². The van der Waals surface area contributed by atoms with Crippen molar-refractivity contribution in [3.63, 3.8) is 0 Å². The molecule has 1 aromatic carbocycles. The van der Waals surface area contributed by atoms with Crippen LogP contribution in [0.2, 0.25) is 0 Å². The molecule has 0 unspecified atom stereocenters. The number of ether oxygens (including phenoxy) is 1. The topological polar surface area (TPSA) is 98.7 Å². The van der Waals surface area contributed by atoms with Crippen molar-refractivity contribution in [2.24, 2.45) is 0 Å². The first-order valence-electron chi connectivity index (χ1n) is 11.0. The molecule has 3 aromatic rings. The monoisotopic (exact) mass is 472 g/mol. The SMILES string of the molecule is N#Cc1c(SCc2cccnn2)nc(N2CC(F)C2)c(C#N)c1-c1ccc([C@@H]2CCOC2)cc1. The van der Waals surface area contributed by atoms with Crippen LogP contribution >= 0.6 is 11.8 Å². The van der Waals surface area contributed by atoms with Gasteiger partial charge in [0.2, 0.25) is 0 Å². The maximum absolute atomic E-state index is 13.7. The molecular formula is C25H21FN6OS. The van der Waals surface area contributed by atoms with Crippen LogP contribution in [0.15, 0.2) is 47.6 Å². The molecule has 2 aliphatic rings. The van der Waals surface area contributed by atoms with E-state index in [9.17, 15) is 14.9 Å². The molecule has 0 N–H and O–H groups in total. The Morgan fingerprint density at radius 2 is 1.91 bits per heavy atom. The van der Waals surface area contributed by atoms with E-state index in [1.807, 2.05) is 30.3 Å². The number of rotatable bonds is 6. The van der Waals surface area contributed by atoms with E-state index < -0.39 is 6.17 Å². The predicted octanol–water partition coefficient (Wildman–Crippen LogP) is 4.24. The number of nitrogens with zero attached hydrogens (tertiary/aromatic N) is 6. The Kier molecular flexibility index (Phi) is 6.39. The summed E-state index contributed by atoms with van der Waals surface area (Å²) in [5, 5.41) is 28.7. The van der Waals surface area contributed by atoms with Crippen molar-refractivity contribution in [1.82, 2.24) is 15.2 Å². The largest absolute Gasteiger partial charge is 0.381 e. The number of alkyl halides is 1. The van der Waals surface area contributed by atoms with Gasteiger partial charge in [-0.25, -0.2) is 9.37 Å². The summed E-state index contributed by atoms with van der Waals surface area (Å²) in [5.74, 6) is 1.24. The Balaban J connectivity index is 1.58. The van der Waals surface area contributed by atoms with Crippen molar-refractivity contribution >= 4 is 17.6 Å². The molecule has 4 heterocycles. The molecule has 0 aliphatic carbocycles. The molecular weight excluding hydrogens is 451 g/mol. The summed E-state index contributed by atoms with van der Waals surface area (Å²) in [7, 11) is 0. The summed E-state index contributed by atoms with van der Waals surface area (Å²) in [5.41, 5.74) is 3.85. The van der Waals surface area contributed by atoms with E-state index in [2.05, 4.69) is 27.3 Å². The first-order valence-corrected chi connectivity index (χ1v) is 12.0. The van der Waals surface area contributed by atoms with Crippen molar-refractivity contribution in [3.05, 3.63) is 65.0 Å². The molecule has 2 fully saturated rings. The number of thioether (sulfide) groups is 1. The van der Waals surface area contributed by atoms with Crippen molar-refractivity contribution in [2.45, 2.75) is 29.3 Å². The van der Waals surface area contributed by atoms with Crippen LogP contribution in [0.1, 0.15) is 34.7 Å². The standard InChI is InChI=1S/C25H21FN6OS/c26-19-12-32(13-19)24-21(10-27)23(17-5-3-16(4-6-17)18-7-9-33-14-18)22(11-28)25(30-24)34-15-20-2-1-8-29-31-20/h1-6,8,18-19H,7,9,12-15H2/t18-/m1/s1. The van der Waals surface area contributed by atoms with Crippen LogP contribution in [0.25, 0.3) is 11.1 Å². The maximum atomic E-state index is 13.7. The molecule has 0 spiro atoms. The molecule has 7 nitrogen and oxygen atoms in total. The molecule has 2 saturated heterocycles. The van der Waals surface area contributed by atoms with Gasteiger partial charge in [0.25, 0.3) is 0 Å². The van der Waals surface area contributed by atoms with Gasteiger partial charge in [-0.2, -0.15) is 20.7 Å². The Morgan fingerprint density at radius 1 is 1.12 bits per heavy atom. The summed E-state index contributed by atoms with van der Waals surface area (Å²) >= 11 is 1.36. The normalized spacial score (nSPS) is 17.7. The van der Waals surface area contributed by atoms with Crippen LogP contribution in [0, 0.1) is 22.7 Å². The van der Waals surface area contributed by atoms with E-state index in [-0.39, 0.29) is 13.1 Å². The van der Waals surface area contributed by atoms with E-state index in [0.29, 0.717) is 45.8 Å². The lowest BCUT2D eigenvalue weighted by molar-refractivity contribution is 0.194. The van der Waals surface area contributed by atoms with E-state index >= 15 is 0 Å². The van der Waals surface area contributed by atoms with Crippen LogP contribution < -0.4 is 4.90 Å². The molecule has 34 heavy (non-hydrogen) atoms. The highest BCUT2D eigenvalue weighted by atomic mass is 32.2. The number of benzene rings is 1. The highest BCUT2D eigenvalue weighted by molar-refractivity contribution is 7.98. The Morgan fingerprint density at radius 3 is 2.53 bits per heavy atom. The average Bonchev–Trinajstić information content (AvgIpc) is 3.40. The van der Waals surface area contributed by atoms with Gasteiger partial charge in [0, 0.05) is 30.0 Å². The molecule has 170 valence electrons. The third kappa shape index (κ3) is 4.33. The van der Waals surface area contributed by atoms with Crippen molar-refractivity contribution in [3.8, 4) is 23.3 Å². The minimum atomic E-state index is -0.948. The summed E-state index contributed by atoms with van der Waals surface area (Å²) < 4.78 is 19.2. The quantitative estimate of drug-likeness (QED) is 0.492. The van der Waals surface area contributed by atoms with Gasteiger partial charge in [0.15, 0.2) is 0 Å². The Bertz CT molecular complexity index is 1260. The maximum Gasteiger partial charge on any atom is 0.148 e. The lowest BCUT2D eigenvalue weighted by Crippen LogP contribution is -2.49. The zero-order valence-electron chi connectivity index (χ0n) is 18.3. The van der Waals surface area contributed by atoms with Crippen molar-refractivity contribution in [2.75, 3.05) is 31.2 Å². The molecule has 2 aromatic heterocycles. The van der Waals surface area contributed by atoms with Gasteiger partial charge in [0.05, 0.1) is 31.0 Å². The summed E-state index contributed by atoms with van der Waals surface area (Å²) in [4.78, 5) is 6.42. The number of anilines is 1. The first-order chi connectivity index (χ1) is 16.7. The molecule has 2 aliphatic heterocycles. The average molecular weight is 473 g/mol. The highest BCUT2D eigenvalue weighted by Gasteiger charge is 2.32. The fourth-order valence-electron chi connectivity index (χ4n) is 4.25. The van der Waals surface area contributed by atoms with E-state index in [4.69, 9.17) is 4.74 Å². The smallest absolute Gasteiger partial charge is 0.148 e. The van der Waals surface area contributed by atoms with Gasteiger partial charge in [0.1, 0.15) is 34.7 Å². The molecule has 0 saturated carbocycles. The summed E-state index contributed by atoms with van der Waals surface area (Å²) in [6, 6.07) is 16.1. The molecule has 0 bridgehead atoms. The van der Waals surface area contributed by atoms with E-state index in [0.717, 1.165) is 24.3 Å². The number of nitriles is 2. The van der Waals surface area contributed by atoms with E-state index in [1.165, 1.54) is 17.3 Å². The second kappa shape index (κ2) is 9.76. The number of pyridine rings is 1. The fraction of sp³-hybridized carbons (Fsp3) is 0.320. The minimum Gasteiger partial charge on any atom is -0.381 e. The van der Waals surface area contributed by atoms with Crippen LogP contribution in [0.5, 0.6) is 0 Å². The minimum absolute atomic E-state index is 0.182. The Labute approximate surface area is 201 Å². The second-order valence-corrected chi connectivity index (χ2v) is 9.24. The van der Waals surface area contributed by atoms with Crippen LogP contribution in [0.3, 0.4) is 0 Å². The second-order valence-electron chi connectivity index (χ2n) is 8.28. The third-order valence-corrected chi connectivity index (χ3v) is 7.10. The van der Waals surface area contributed by atoms with Gasteiger partial charge in [-0.1, -0.05) is 36.0 Å². The van der Waals surface area contributed by atoms with Gasteiger partial charge < -0.3 is 9.64 Å². The molecule has 0 amide bonds. The number of aromatic nitrogens is 3. The van der Waals surface area contributed by atoms with Crippen LogP contribution in [-0.4, -0.2) is 47.7 Å². The fourth-order valence-corrected chi connectivity index (χ4v) is 5.13. The lowest BCUT2D eigenvalue weighted by Gasteiger charge is -2.36. The number of hydrogen-bond donors (Lipinski definition) is 0. The van der Waals surface area contributed by atoms with E-state index in [1.54, 1.807) is 17.2 Å². The molecule has 0 radical (unpaired) electrons. The van der Waals surface area contributed by atoms with Gasteiger partial charge in [-0.05, 0) is 29.7 Å². The van der Waals surface area contributed by atoms with Gasteiger partial charge in [-0.3, -0.25) is 0 Å². The van der Waals surface area contributed by atoms with Crippen molar-refractivity contribution < 1.29 is 9.13 Å². The number of hydrogen-bond acceptors (Lipinski definition) is 8. The first kappa shape index (κ1) is 22.3. The zero-order chi connectivity index (χ0) is 23.5. The van der Waals surface area contributed by atoms with Crippen LogP contribution in [0.4, 0.5) is 10.2 Å². The lowest BCUT2D eigenvalue weighted by atomic mass is 9.92. The highest BCUT2D eigenvalue weighted by Crippen LogP contribution is 2.40. The van der Waals surface area contributed by atoms with Crippen LogP contribution in [-0.2, 0) is 10.5 Å². The van der Waals surface area contributed by atoms with Crippen molar-refractivity contribution in [1.29, 1.82) is 10.5 Å². The third-order valence-electron chi connectivity index (χ3n) is 6.09. The molecule has 1 atom stereocenters. The summed E-state index contributed by atoms with van der Waals surface area (Å²) in [6.45, 7) is 1.83. The van der Waals surface area contributed by atoms with Gasteiger partial charge >= 0.3 is 0 Å². The molecule has 9 heteroatoms. The summed E-state index contributed by atoms with van der Waals surface area (Å²) in [6.07, 6.45) is 1.63. The number of halogens is 1. The molecule has 5 rings (SSSR count). The zero-order valence-corrected chi connectivity index (χ0v) is 19.1. The predicted molar refractivity (Wildman–Crippen MR) is 126 cm³/mol.